The minimum atomic E-state index is 0.0138. The molecule has 1 atom stereocenters. The van der Waals surface area contributed by atoms with Gasteiger partial charge in [-0.15, -0.1) is 0 Å². The summed E-state index contributed by atoms with van der Waals surface area (Å²) in [4.78, 5) is 15.4. The van der Waals surface area contributed by atoms with Crippen molar-refractivity contribution in [2.75, 3.05) is 27.4 Å². The molecule has 0 aliphatic carbocycles. The molecule has 0 radical (unpaired) electrons. The quantitative estimate of drug-likeness (QED) is 0.538. The van der Waals surface area contributed by atoms with Crippen molar-refractivity contribution in [3.8, 4) is 11.5 Å². The SMILES string of the molecule is COc1ccc(OC)c(CN(Cc2coc3ccc(C)cc3c2=O)CC2CCCO2)c1. The van der Waals surface area contributed by atoms with Crippen LogP contribution in [0.4, 0.5) is 0 Å². The molecule has 3 aromatic rings. The molecule has 1 fully saturated rings. The number of rotatable bonds is 8. The van der Waals surface area contributed by atoms with Crippen LogP contribution in [0.1, 0.15) is 29.5 Å². The molecular weight excluding hydrogens is 394 g/mol. The number of hydrogen-bond donors (Lipinski definition) is 0. The van der Waals surface area contributed by atoms with Crippen molar-refractivity contribution >= 4 is 11.0 Å². The molecule has 0 saturated carbocycles. The summed E-state index contributed by atoms with van der Waals surface area (Å²) in [6, 6.07) is 11.5. The molecule has 2 heterocycles. The third-order valence-corrected chi connectivity index (χ3v) is 5.76. The number of fused-ring (bicyclic) bond motifs is 1. The largest absolute Gasteiger partial charge is 0.497 e. The second kappa shape index (κ2) is 9.54. The average molecular weight is 424 g/mol. The number of benzene rings is 2. The van der Waals surface area contributed by atoms with Gasteiger partial charge in [-0.3, -0.25) is 9.69 Å². The molecule has 0 bridgehead atoms. The number of ether oxygens (including phenoxy) is 3. The van der Waals surface area contributed by atoms with E-state index < -0.39 is 0 Å². The zero-order valence-corrected chi connectivity index (χ0v) is 18.3. The van der Waals surface area contributed by atoms with Crippen molar-refractivity contribution in [2.24, 2.45) is 0 Å². The van der Waals surface area contributed by atoms with Crippen molar-refractivity contribution in [1.82, 2.24) is 4.90 Å². The van der Waals surface area contributed by atoms with E-state index in [0.29, 0.717) is 29.6 Å². The number of hydrogen-bond acceptors (Lipinski definition) is 6. The summed E-state index contributed by atoms with van der Waals surface area (Å²) in [5.74, 6) is 1.56. The van der Waals surface area contributed by atoms with E-state index in [1.165, 1.54) is 0 Å². The van der Waals surface area contributed by atoms with Crippen LogP contribution >= 0.6 is 0 Å². The second-order valence-corrected chi connectivity index (χ2v) is 8.07. The van der Waals surface area contributed by atoms with Gasteiger partial charge in [-0.1, -0.05) is 11.6 Å². The fourth-order valence-electron chi connectivity index (χ4n) is 4.14. The molecule has 164 valence electrons. The Bertz CT molecular complexity index is 1100. The highest BCUT2D eigenvalue weighted by atomic mass is 16.5. The topological polar surface area (TPSA) is 61.1 Å². The number of nitrogens with zero attached hydrogens (tertiary/aromatic N) is 1. The summed E-state index contributed by atoms with van der Waals surface area (Å²) in [7, 11) is 3.31. The highest BCUT2D eigenvalue weighted by Gasteiger charge is 2.22. The third-order valence-electron chi connectivity index (χ3n) is 5.76. The fraction of sp³-hybridized carbons (Fsp3) is 0.400. The molecule has 0 spiro atoms. The Morgan fingerprint density at radius 3 is 2.65 bits per heavy atom. The van der Waals surface area contributed by atoms with E-state index >= 15 is 0 Å². The van der Waals surface area contributed by atoms with Crippen LogP contribution in [0.25, 0.3) is 11.0 Å². The Kier molecular flexibility index (Phi) is 6.59. The van der Waals surface area contributed by atoms with E-state index in [1.54, 1.807) is 20.5 Å². The second-order valence-electron chi connectivity index (χ2n) is 8.07. The van der Waals surface area contributed by atoms with Gasteiger partial charge in [-0.2, -0.15) is 0 Å². The molecule has 0 N–H and O–H groups in total. The molecule has 2 aromatic carbocycles. The fourth-order valence-corrected chi connectivity index (χ4v) is 4.14. The van der Waals surface area contributed by atoms with Gasteiger partial charge >= 0.3 is 0 Å². The summed E-state index contributed by atoms with van der Waals surface area (Å²) >= 11 is 0. The van der Waals surface area contributed by atoms with E-state index in [-0.39, 0.29) is 11.5 Å². The Morgan fingerprint density at radius 2 is 1.90 bits per heavy atom. The minimum absolute atomic E-state index is 0.0138. The van der Waals surface area contributed by atoms with Crippen molar-refractivity contribution in [1.29, 1.82) is 0 Å². The van der Waals surface area contributed by atoms with Crippen LogP contribution in [0.15, 0.2) is 51.9 Å². The first kappa shape index (κ1) is 21.4. The van der Waals surface area contributed by atoms with E-state index in [2.05, 4.69) is 4.90 Å². The van der Waals surface area contributed by atoms with Crippen molar-refractivity contribution < 1.29 is 18.6 Å². The van der Waals surface area contributed by atoms with E-state index in [0.717, 1.165) is 48.6 Å². The molecule has 4 rings (SSSR count). The molecule has 1 aromatic heterocycles. The average Bonchev–Trinajstić information content (AvgIpc) is 3.29. The zero-order valence-electron chi connectivity index (χ0n) is 18.3. The van der Waals surface area contributed by atoms with Gasteiger partial charge in [0.2, 0.25) is 0 Å². The Hall–Kier alpha value is -2.83. The van der Waals surface area contributed by atoms with Gasteiger partial charge in [0, 0.05) is 37.4 Å². The van der Waals surface area contributed by atoms with Crippen LogP contribution in [0.3, 0.4) is 0 Å². The summed E-state index contributed by atoms with van der Waals surface area (Å²) in [6.07, 6.45) is 3.84. The maximum atomic E-state index is 13.2. The maximum absolute atomic E-state index is 13.2. The van der Waals surface area contributed by atoms with Crippen molar-refractivity contribution in [3.63, 3.8) is 0 Å². The molecule has 31 heavy (non-hydrogen) atoms. The zero-order chi connectivity index (χ0) is 21.8. The lowest BCUT2D eigenvalue weighted by atomic mass is 10.1. The summed E-state index contributed by atoms with van der Waals surface area (Å²) in [6.45, 7) is 4.56. The standard InChI is InChI=1S/C25H29NO5/c1-17-6-8-24-22(11-17)25(27)19(16-31-24)14-26(15-21-5-4-10-30-21)13-18-12-20(28-2)7-9-23(18)29-3/h6-9,11-12,16,21H,4-5,10,13-15H2,1-3H3. The van der Waals surface area contributed by atoms with Crippen LogP contribution < -0.4 is 14.9 Å². The molecule has 1 aliphatic heterocycles. The van der Waals surface area contributed by atoms with Crippen molar-refractivity contribution in [2.45, 2.75) is 39.0 Å². The predicted molar refractivity (Wildman–Crippen MR) is 120 cm³/mol. The lowest BCUT2D eigenvalue weighted by Gasteiger charge is -2.26. The van der Waals surface area contributed by atoms with Gasteiger partial charge in [0.1, 0.15) is 17.1 Å². The van der Waals surface area contributed by atoms with Crippen LogP contribution in [0.2, 0.25) is 0 Å². The van der Waals surface area contributed by atoms with Gasteiger partial charge in [0.05, 0.1) is 32.0 Å². The van der Waals surface area contributed by atoms with Crippen LogP contribution in [-0.4, -0.2) is 38.4 Å². The first-order chi connectivity index (χ1) is 15.1. The molecule has 6 heteroatoms. The highest BCUT2D eigenvalue weighted by molar-refractivity contribution is 5.77. The monoisotopic (exact) mass is 423 g/mol. The Labute approximate surface area is 182 Å². The molecule has 1 aliphatic rings. The molecule has 1 saturated heterocycles. The van der Waals surface area contributed by atoms with Crippen LogP contribution in [0, 0.1) is 6.92 Å². The maximum Gasteiger partial charge on any atom is 0.197 e. The number of aryl methyl sites for hydroxylation is 1. The third kappa shape index (κ3) is 4.92. The van der Waals surface area contributed by atoms with Crippen LogP contribution in [0.5, 0.6) is 11.5 Å². The first-order valence-electron chi connectivity index (χ1n) is 10.6. The summed E-state index contributed by atoms with van der Waals surface area (Å²) in [5, 5.41) is 0.619. The first-order valence-corrected chi connectivity index (χ1v) is 10.6. The van der Waals surface area contributed by atoms with Gasteiger partial charge in [-0.25, -0.2) is 0 Å². The van der Waals surface area contributed by atoms with Gasteiger partial charge in [0.15, 0.2) is 5.43 Å². The van der Waals surface area contributed by atoms with Crippen LogP contribution in [-0.2, 0) is 17.8 Å². The van der Waals surface area contributed by atoms with Gasteiger partial charge in [-0.05, 0) is 50.1 Å². The van der Waals surface area contributed by atoms with Gasteiger partial charge < -0.3 is 18.6 Å². The van der Waals surface area contributed by atoms with E-state index in [1.807, 2.05) is 43.3 Å². The lowest BCUT2D eigenvalue weighted by molar-refractivity contribution is 0.0673. The molecule has 0 amide bonds. The predicted octanol–water partition coefficient (Wildman–Crippen LogP) is 4.30. The molecular formula is C25H29NO5. The smallest absolute Gasteiger partial charge is 0.197 e. The minimum Gasteiger partial charge on any atom is -0.497 e. The highest BCUT2D eigenvalue weighted by Crippen LogP contribution is 2.27. The lowest BCUT2D eigenvalue weighted by Crippen LogP contribution is -2.33. The Balaban J connectivity index is 1.65. The number of methoxy groups -OCH3 is 2. The summed E-state index contributed by atoms with van der Waals surface area (Å²) < 4.78 is 22.6. The normalized spacial score (nSPS) is 16.2. The molecule has 1 unspecified atom stereocenters. The van der Waals surface area contributed by atoms with Gasteiger partial charge in [0.25, 0.3) is 0 Å². The van der Waals surface area contributed by atoms with E-state index in [9.17, 15) is 4.79 Å². The Morgan fingerprint density at radius 1 is 1.06 bits per heavy atom. The summed E-state index contributed by atoms with van der Waals surface area (Å²) in [5.41, 5.74) is 3.30. The van der Waals surface area contributed by atoms with E-state index in [4.69, 9.17) is 18.6 Å². The molecule has 6 nitrogen and oxygen atoms in total. The van der Waals surface area contributed by atoms with Crippen molar-refractivity contribution in [3.05, 3.63) is 69.6 Å².